The van der Waals surface area contributed by atoms with Gasteiger partial charge >= 0.3 is 0 Å². The average Bonchev–Trinajstić information content (AvgIpc) is 2.39. The molecule has 0 aliphatic rings. The van der Waals surface area contributed by atoms with E-state index < -0.39 is 0 Å². The van der Waals surface area contributed by atoms with Gasteiger partial charge in [0.1, 0.15) is 4.99 Å². The first-order valence-electron chi connectivity index (χ1n) is 6.46. The molecule has 0 bridgehead atoms. The molecule has 1 rings (SSSR count). The molecule has 106 valence electrons. The summed E-state index contributed by atoms with van der Waals surface area (Å²) in [5, 5.41) is 0.708. The quantitative estimate of drug-likeness (QED) is 0.592. The molecule has 0 saturated carbocycles. The number of nitrogens with zero attached hydrogens (tertiary/aromatic N) is 1. The van der Waals surface area contributed by atoms with Crippen molar-refractivity contribution in [3.05, 3.63) is 34.3 Å². The van der Waals surface area contributed by atoms with Crippen molar-refractivity contribution in [3.63, 3.8) is 0 Å². The van der Waals surface area contributed by atoms with Crippen LogP contribution >= 0.6 is 23.8 Å². The molecular formula is C14H21ClN2OS. The molecule has 0 heterocycles. The number of likely N-dealkylation sites (N-methyl/N-ethyl adjacent to an activating group) is 1. The topological polar surface area (TPSA) is 38.5 Å². The largest absolute Gasteiger partial charge is 0.389 e. The predicted octanol–water partition coefficient (Wildman–Crippen LogP) is 2.83. The van der Waals surface area contributed by atoms with Crippen LogP contribution in [0.25, 0.3) is 0 Å². The minimum absolute atomic E-state index is 0.372. The molecule has 1 aromatic rings. The van der Waals surface area contributed by atoms with E-state index in [2.05, 4.69) is 11.8 Å². The summed E-state index contributed by atoms with van der Waals surface area (Å²) in [4.78, 5) is 2.66. The van der Waals surface area contributed by atoms with Crippen molar-refractivity contribution in [3.8, 4) is 0 Å². The Hall–Kier alpha value is -0.680. The maximum absolute atomic E-state index is 6.26. The van der Waals surface area contributed by atoms with E-state index in [4.69, 9.17) is 34.3 Å². The molecule has 0 atom stereocenters. The van der Waals surface area contributed by atoms with Gasteiger partial charge in [-0.05, 0) is 25.1 Å². The Morgan fingerprint density at radius 1 is 1.42 bits per heavy atom. The molecule has 0 radical (unpaired) electrons. The molecule has 3 nitrogen and oxygen atoms in total. The molecule has 0 aliphatic carbocycles. The first-order chi connectivity index (χ1) is 9.08. The van der Waals surface area contributed by atoms with Crippen LogP contribution in [0.5, 0.6) is 0 Å². The van der Waals surface area contributed by atoms with Crippen LogP contribution in [0.2, 0.25) is 5.02 Å². The molecule has 0 aromatic heterocycles. The van der Waals surface area contributed by atoms with E-state index in [-0.39, 0.29) is 0 Å². The molecule has 0 unspecified atom stereocenters. The van der Waals surface area contributed by atoms with Crippen molar-refractivity contribution < 1.29 is 4.74 Å². The van der Waals surface area contributed by atoms with Crippen LogP contribution in [-0.4, -0.2) is 36.2 Å². The molecule has 0 fully saturated rings. The van der Waals surface area contributed by atoms with Crippen LogP contribution in [-0.2, 0) is 11.3 Å². The van der Waals surface area contributed by atoms with Gasteiger partial charge in [0.25, 0.3) is 0 Å². The second-order valence-corrected chi connectivity index (χ2v) is 5.08. The minimum atomic E-state index is 0.372. The van der Waals surface area contributed by atoms with Crippen molar-refractivity contribution in [2.45, 2.75) is 20.4 Å². The number of hydrogen-bond donors (Lipinski definition) is 1. The highest BCUT2D eigenvalue weighted by Gasteiger charge is 2.08. The zero-order chi connectivity index (χ0) is 14.3. The third-order valence-corrected chi connectivity index (χ3v) is 3.52. The molecule has 1 aromatic carbocycles. The number of ether oxygens (including phenoxy) is 1. The number of hydrogen-bond acceptors (Lipinski definition) is 3. The Kier molecular flexibility index (Phi) is 7.31. The van der Waals surface area contributed by atoms with E-state index in [0.717, 1.165) is 44.0 Å². The average molecular weight is 301 g/mol. The predicted molar refractivity (Wildman–Crippen MR) is 84.8 cm³/mol. The Morgan fingerprint density at radius 2 is 2.16 bits per heavy atom. The van der Waals surface area contributed by atoms with Gasteiger partial charge in [0.2, 0.25) is 0 Å². The van der Waals surface area contributed by atoms with E-state index >= 15 is 0 Å². The van der Waals surface area contributed by atoms with Crippen molar-refractivity contribution in [2.75, 3.05) is 26.3 Å². The molecular weight excluding hydrogens is 280 g/mol. The smallest absolute Gasteiger partial charge is 0.104 e. The van der Waals surface area contributed by atoms with Gasteiger partial charge in [-0.2, -0.15) is 0 Å². The Labute approximate surface area is 125 Å². The number of thiocarbonyl (C=S) groups is 1. The highest BCUT2D eigenvalue weighted by atomic mass is 35.5. The normalized spacial score (nSPS) is 10.9. The molecule has 5 heteroatoms. The summed E-state index contributed by atoms with van der Waals surface area (Å²) in [7, 11) is 0. The van der Waals surface area contributed by atoms with E-state index in [9.17, 15) is 0 Å². The Bertz CT molecular complexity index is 426. The molecule has 0 spiro atoms. The zero-order valence-corrected chi connectivity index (χ0v) is 13.1. The fraction of sp³-hybridized carbons (Fsp3) is 0.500. The van der Waals surface area contributed by atoms with Gasteiger partial charge in [-0.15, -0.1) is 0 Å². The maximum Gasteiger partial charge on any atom is 0.104 e. The van der Waals surface area contributed by atoms with Crippen LogP contribution in [0.4, 0.5) is 0 Å². The second kappa shape index (κ2) is 8.48. The lowest BCUT2D eigenvalue weighted by molar-refractivity contribution is 0.113. The summed E-state index contributed by atoms with van der Waals surface area (Å²) in [6.45, 7) is 8.29. The first kappa shape index (κ1) is 16.4. The summed E-state index contributed by atoms with van der Waals surface area (Å²) < 4.78 is 5.38. The van der Waals surface area contributed by atoms with Crippen LogP contribution in [0.1, 0.15) is 25.0 Å². The van der Waals surface area contributed by atoms with Gasteiger partial charge in [0, 0.05) is 30.3 Å². The highest BCUT2D eigenvalue weighted by molar-refractivity contribution is 7.80. The fourth-order valence-corrected chi connectivity index (χ4v) is 2.12. The monoisotopic (exact) mass is 300 g/mol. The lowest BCUT2D eigenvalue weighted by Crippen LogP contribution is -2.27. The number of rotatable bonds is 8. The van der Waals surface area contributed by atoms with Crippen LogP contribution in [0.3, 0.4) is 0 Å². The minimum Gasteiger partial charge on any atom is -0.389 e. The van der Waals surface area contributed by atoms with E-state index in [1.807, 2.05) is 25.1 Å². The lowest BCUT2D eigenvalue weighted by atomic mass is 10.1. The second-order valence-electron chi connectivity index (χ2n) is 4.24. The first-order valence-corrected chi connectivity index (χ1v) is 7.25. The Balaban J connectivity index is 2.66. The fourth-order valence-electron chi connectivity index (χ4n) is 1.76. The van der Waals surface area contributed by atoms with Gasteiger partial charge in [0.05, 0.1) is 6.61 Å². The summed E-state index contributed by atoms with van der Waals surface area (Å²) >= 11 is 11.2. The molecule has 0 saturated heterocycles. The third kappa shape index (κ3) is 5.45. The van der Waals surface area contributed by atoms with Gasteiger partial charge in [0.15, 0.2) is 0 Å². The lowest BCUT2D eigenvalue weighted by Gasteiger charge is -2.21. The summed E-state index contributed by atoms with van der Waals surface area (Å²) in [6, 6.07) is 5.73. The standard InChI is InChI=1S/C14H21ClN2OS/c1-3-17(7-8-18-4-2)10-12-6-5-11(14(16)19)9-13(12)15/h5-6,9H,3-4,7-8,10H2,1-2H3,(H2,16,19). The van der Waals surface area contributed by atoms with Gasteiger partial charge < -0.3 is 10.5 Å². The van der Waals surface area contributed by atoms with E-state index in [0.29, 0.717) is 10.0 Å². The summed E-state index contributed by atoms with van der Waals surface area (Å²) in [6.07, 6.45) is 0. The van der Waals surface area contributed by atoms with Crippen molar-refractivity contribution >= 4 is 28.8 Å². The van der Waals surface area contributed by atoms with Gasteiger partial charge in [-0.3, -0.25) is 4.90 Å². The zero-order valence-electron chi connectivity index (χ0n) is 11.5. The third-order valence-electron chi connectivity index (χ3n) is 2.93. The molecule has 0 aliphatic heterocycles. The van der Waals surface area contributed by atoms with E-state index in [1.54, 1.807) is 0 Å². The number of halogens is 1. The SMILES string of the molecule is CCOCCN(CC)Cc1ccc(C(N)=S)cc1Cl. The summed E-state index contributed by atoms with van der Waals surface area (Å²) in [5.41, 5.74) is 7.48. The molecule has 2 N–H and O–H groups in total. The number of benzene rings is 1. The number of nitrogens with two attached hydrogens (primary N) is 1. The van der Waals surface area contributed by atoms with Gasteiger partial charge in [-0.1, -0.05) is 42.9 Å². The molecule has 19 heavy (non-hydrogen) atoms. The van der Waals surface area contributed by atoms with E-state index in [1.165, 1.54) is 0 Å². The van der Waals surface area contributed by atoms with Crippen LogP contribution in [0.15, 0.2) is 18.2 Å². The maximum atomic E-state index is 6.26. The van der Waals surface area contributed by atoms with Gasteiger partial charge in [-0.25, -0.2) is 0 Å². The highest BCUT2D eigenvalue weighted by Crippen LogP contribution is 2.19. The van der Waals surface area contributed by atoms with Crippen molar-refractivity contribution in [2.24, 2.45) is 5.73 Å². The van der Waals surface area contributed by atoms with Crippen LogP contribution < -0.4 is 5.73 Å². The summed E-state index contributed by atoms with van der Waals surface area (Å²) in [5.74, 6) is 0. The van der Waals surface area contributed by atoms with Crippen LogP contribution in [0, 0.1) is 0 Å². The van der Waals surface area contributed by atoms with Crippen molar-refractivity contribution in [1.82, 2.24) is 4.90 Å². The molecule has 0 amide bonds. The Morgan fingerprint density at radius 3 is 2.68 bits per heavy atom. The van der Waals surface area contributed by atoms with Crippen molar-refractivity contribution in [1.29, 1.82) is 0 Å².